The Bertz CT molecular complexity index is 1170. The first-order valence-corrected chi connectivity index (χ1v) is 10.4. The number of nitrogens with zero attached hydrogens (tertiary/aromatic N) is 3. The van der Waals surface area contributed by atoms with Gasteiger partial charge in [0.15, 0.2) is 0 Å². The third-order valence-corrected chi connectivity index (χ3v) is 6.27. The highest BCUT2D eigenvalue weighted by molar-refractivity contribution is 7.18. The molecule has 3 heterocycles. The van der Waals surface area contributed by atoms with Gasteiger partial charge in [0.05, 0.1) is 52.6 Å². The third kappa shape index (κ3) is 4.06. The predicted octanol–water partition coefficient (Wildman–Crippen LogP) is 4.32. The topological polar surface area (TPSA) is 86.2 Å². The van der Waals surface area contributed by atoms with Crippen LogP contribution in [0.15, 0.2) is 36.5 Å². The normalized spacial score (nSPS) is 10.9. The van der Waals surface area contributed by atoms with Gasteiger partial charge in [-0.2, -0.15) is 4.37 Å². The van der Waals surface area contributed by atoms with Crippen LogP contribution < -0.4 is 14.8 Å². The number of fused-ring (bicyclic) bond motifs is 1. The number of benzene rings is 1. The summed E-state index contributed by atoms with van der Waals surface area (Å²) in [4.78, 5) is 22.6. The van der Waals surface area contributed by atoms with Crippen LogP contribution in [-0.4, -0.2) is 34.5 Å². The lowest BCUT2D eigenvalue weighted by Gasteiger charge is -2.06. The van der Waals surface area contributed by atoms with Crippen molar-refractivity contribution in [2.24, 2.45) is 0 Å². The summed E-state index contributed by atoms with van der Waals surface area (Å²) in [6, 6.07) is 9.25. The first-order valence-electron chi connectivity index (χ1n) is 8.77. The molecule has 9 heteroatoms. The van der Waals surface area contributed by atoms with Crippen molar-refractivity contribution in [1.29, 1.82) is 0 Å². The van der Waals surface area contributed by atoms with Crippen molar-refractivity contribution in [3.05, 3.63) is 57.7 Å². The number of amides is 1. The number of rotatable bonds is 6. The van der Waals surface area contributed by atoms with Crippen LogP contribution in [0.1, 0.15) is 25.9 Å². The van der Waals surface area contributed by atoms with Gasteiger partial charge in [0, 0.05) is 17.4 Å². The number of anilines is 1. The van der Waals surface area contributed by atoms with Gasteiger partial charge in [-0.3, -0.25) is 4.79 Å². The Morgan fingerprint density at radius 2 is 2.03 bits per heavy atom. The first-order chi connectivity index (χ1) is 14.1. The lowest BCUT2D eigenvalue weighted by Crippen LogP contribution is -2.14. The van der Waals surface area contributed by atoms with Crippen LogP contribution in [0.5, 0.6) is 11.6 Å². The molecule has 0 unspecified atom stereocenters. The number of ether oxygens (including phenoxy) is 2. The van der Waals surface area contributed by atoms with E-state index in [1.54, 1.807) is 43.9 Å². The van der Waals surface area contributed by atoms with Gasteiger partial charge in [-0.1, -0.05) is 0 Å². The van der Waals surface area contributed by atoms with E-state index in [-0.39, 0.29) is 5.91 Å². The SMILES string of the molecule is COc1ccc2nc(Cc3snc(C)c3C(=O)Nc3ccc(OC)nc3)sc2c1. The van der Waals surface area contributed by atoms with Gasteiger partial charge in [-0.25, -0.2) is 9.97 Å². The molecule has 1 amide bonds. The van der Waals surface area contributed by atoms with E-state index in [2.05, 4.69) is 19.7 Å². The van der Waals surface area contributed by atoms with Crippen molar-refractivity contribution < 1.29 is 14.3 Å². The zero-order valence-corrected chi connectivity index (χ0v) is 17.7. The number of methoxy groups -OCH3 is 2. The van der Waals surface area contributed by atoms with Crippen LogP contribution in [0.2, 0.25) is 0 Å². The molecule has 0 saturated heterocycles. The molecule has 1 aromatic carbocycles. The van der Waals surface area contributed by atoms with E-state index >= 15 is 0 Å². The van der Waals surface area contributed by atoms with E-state index in [9.17, 15) is 4.79 Å². The van der Waals surface area contributed by atoms with Crippen LogP contribution in [0.25, 0.3) is 10.2 Å². The van der Waals surface area contributed by atoms with Gasteiger partial charge in [0.25, 0.3) is 5.91 Å². The number of thiazole rings is 1. The number of aromatic nitrogens is 3. The molecule has 3 aromatic heterocycles. The van der Waals surface area contributed by atoms with Crippen LogP contribution in [-0.2, 0) is 6.42 Å². The summed E-state index contributed by atoms with van der Waals surface area (Å²) in [5.41, 5.74) is 2.80. The van der Waals surface area contributed by atoms with Crippen molar-refractivity contribution in [3.63, 3.8) is 0 Å². The van der Waals surface area contributed by atoms with E-state index in [0.29, 0.717) is 29.2 Å². The van der Waals surface area contributed by atoms with E-state index in [1.807, 2.05) is 25.1 Å². The quantitative estimate of drug-likeness (QED) is 0.494. The molecule has 0 bridgehead atoms. The van der Waals surface area contributed by atoms with E-state index in [1.165, 1.54) is 11.5 Å². The minimum Gasteiger partial charge on any atom is -0.497 e. The third-order valence-electron chi connectivity index (χ3n) is 4.32. The number of hydrogen-bond acceptors (Lipinski definition) is 8. The number of carbonyl (C=O) groups excluding carboxylic acids is 1. The van der Waals surface area contributed by atoms with E-state index in [0.717, 1.165) is 25.9 Å². The minimum atomic E-state index is -0.207. The lowest BCUT2D eigenvalue weighted by atomic mass is 10.1. The molecule has 0 aliphatic heterocycles. The fraction of sp³-hybridized carbons (Fsp3) is 0.200. The average Bonchev–Trinajstić information content (AvgIpc) is 3.30. The standard InChI is InChI=1S/C20H18N4O3S2/c1-11-19(20(25)22-12-4-7-17(27-3)21-10-12)16(29-24-11)9-18-23-14-6-5-13(26-2)8-15(14)28-18/h4-8,10H,9H2,1-3H3,(H,22,25). The maximum absolute atomic E-state index is 12.9. The maximum atomic E-state index is 12.9. The molecule has 0 radical (unpaired) electrons. The Morgan fingerprint density at radius 3 is 2.76 bits per heavy atom. The van der Waals surface area contributed by atoms with Crippen molar-refractivity contribution in [1.82, 2.24) is 14.3 Å². The van der Waals surface area contributed by atoms with Crippen LogP contribution in [0.3, 0.4) is 0 Å². The number of nitrogens with one attached hydrogen (secondary N) is 1. The zero-order chi connectivity index (χ0) is 20.4. The fourth-order valence-electron chi connectivity index (χ4n) is 2.89. The molecule has 4 rings (SSSR count). The summed E-state index contributed by atoms with van der Waals surface area (Å²) in [6.45, 7) is 1.84. The number of pyridine rings is 1. The molecule has 0 spiro atoms. The second-order valence-corrected chi connectivity index (χ2v) is 8.20. The maximum Gasteiger partial charge on any atom is 0.258 e. The second-order valence-electron chi connectivity index (χ2n) is 6.23. The summed E-state index contributed by atoms with van der Waals surface area (Å²) in [6.07, 6.45) is 2.11. The Kier molecular flexibility index (Phi) is 5.41. The summed E-state index contributed by atoms with van der Waals surface area (Å²) in [7, 11) is 3.19. The first kappa shape index (κ1) is 19.3. The van der Waals surface area contributed by atoms with Gasteiger partial charge in [0.2, 0.25) is 5.88 Å². The molecule has 0 aliphatic carbocycles. The summed E-state index contributed by atoms with van der Waals surface area (Å²) >= 11 is 2.92. The molecule has 0 saturated carbocycles. The summed E-state index contributed by atoms with van der Waals surface area (Å²) < 4.78 is 15.8. The van der Waals surface area contributed by atoms with Crippen LogP contribution in [0, 0.1) is 6.92 Å². The van der Waals surface area contributed by atoms with Crippen molar-refractivity contribution in [2.45, 2.75) is 13.3 Å². The molecular formula is C20H18N4O3S2. The minimum absolute atomic E-state index is 0.207. The zero-order valence-electron chi connectivity index (χ0n) is 16.1. The van der Waals surface area contributed by atoms with Gasteiger partial charge in [0.1, 0.15) is 5.75 Å². The fourth-order valence-corrected chi connectivity index (χ4v) is 4.86. The lowest BCUT2D eigenvalue weighted by molar-refractivity contribution is 0.102. The molecule has 0 fully saturated rings. The molecule has 0 aliphatic rings. The molecule has 7 nitrogen and oxygen atoms in total. The Balaban J connectivity index is 1.57. The van der Waals surface area contributed by atoms with Crippen molar-refractivity contribution in [2.75, 3.05) is 19.5 Å². The Labute approximate surface area is 175 Å². The predicted molar refractivity (Wildman–Crippen MR) is 115 cm³/mol. The Morgan fingerprint density at radius 1 is 1.17 bits per heavy atom. The van der Waals surface area contributed by atoms with Crippen molar-refractivity contribution >= 4 is 44.7 Å². The molecule has 29 heavy (non-hydrogen) atoms. The van der Waals surface area contributed by atoms with Gasteiger partial charge < -0.3 is 14.8 Å². The van der Waals surface area contributed by atoms with Gasteiger partial charge in [-0.05, 0) is 42.7 Å². The van der Waals surface area contributed by atoms with Gasteiger partial charge >= 0.3 is 0 Å². The molecule has 148 valence electrons. The highest BCUT2D eigenvalue weighted by Crippen LogP contribution is 2.30. The summed E-state index contributed by atoms with van der Waals surface area (Å²) in [5, 5.41) is 3.81. The smallest absolute Gasteiger partial charge is 0.258 e. The van der Waals surface area contributed by atoms with E-state index < -0.39 is 0 Å². The van der Waals surface area contributed by atoms with E-state index in [4.69, 9.17) is 9.47 Å². The number of hydrogen-bond donors (Lipinski definition) is 1. The summed E-state index contributed by atoms with van der Waals surface area (Å²) in [5.74, 6) is 1.08. The van der Waals surface area contributed by atoms with Crippen LogP contribution in [0.4, 0.5) is 5.69 Å². The highest BCUT2D eigenvalue weighted by Gasteiger charge is 2.20. The monoisotopic (exact) mass is 426 g/mol. The Hall–Kier alpha value is -3.04. The van der Waals surface area contributed by atoms with Gasteiger partial charge in [-0.15, -0.1) is 11.3 Å². The molecule has 1 N–H and O–H groups in total. The number of aryl methyl sites for hydroxylation is 1. The second kappa shape index (κ2) is 8.14. The number of carbonyl (C=O) groups is 1. The van der Waals surface area contributed by atoms with Crippen LogP contribution >= 0.6 is 22.9 Å². The highest BCUT2D eigenvalue weighted by atomic mass is 32.1. The molecule has 0 atom stereocenters. The van der Waals surface area contributed by atoms with Crippen molar-refractivity contribution in [3.8, 4) is 11.6 Å². The molecule has 4 aromatic rings. The molecular weight excluding hydrogens is 408 g/mol. The largest absolute Gasteiger partial charge is 0.497 e. The average molecular weight is 427 g/mol.